The first-order valence-corrected chi connectivity index (χ1v) is 20.7. The van der Waals surface area contributed by atoms with Crippen molar-refractivity contribution in [3.63, 3.8) is 0 Å². The third-order valence-electron chi connectivity index (χ3n) is 11.0. The summed E-state index contributed by atoms with van der Waals surface area (Å²) in [4.78, 5) is 11.7. The van der Waals surface area contributed by atoms with Gasteiger partial charge in [-0.05, 0) is 30.3 Å². The average molecular weight is 1110 g/mol. The van der Waals surface area contributed by atoms with Gasteiger partial charge in [-0.3, -0.25) is 4.79 Å². The Balaban J connectivity index is 0.000000500. The van der Waals surface area contributed by atoms with Crippen LogP contribution in [-0.2, 0) is 56.0 Å². The van der Waals surface area contributed by atoms with Crippen molar-refractivity contribution in [3.05, 3.63) is 183 Å². The highest BCUT2D eigenvalue weighted by atomic mass is 32.1. The molecule has 6 aromatic rings. The second kappa shape index (κ2) is 20.4. The van der Waals surface area contributed by atoms with E-state index in [1.807, 2.05) is 47.2 Å². The predicted molar refractivity (Wildman–Crippen MR) is 220 cm³/mol. The number of rotatable bonds is 8. The Morgan fingerprint density at radius 3 is 0.838 bits per heavy atom. The third-order valence-corrected chi connectivity index (χ3v) is 11.3. The molecule has 28 heteroatoms. The number of Topliss-reactive ketones (excluding diaryl/α,β-unsaturated/α-hetero) is 1. The maximum Gasteiger partial charge on any atom is 0.416 e. The molecule has 6 rings (SSSR count). The number of aromatic nitrogens is 1. The highest BCUT2D eigenvalue weighted by Crippen LogP contribution is 2.41. The van der Waals surface area contributed by atoms with Crippen molar-refractivity contribution < 1.29 is 115 Å². The molecular weight excluding hydrogens is 1080 g/mol. The number of carbonyl (C=O) groups is 1. The van der Waals surface area contributed by atoms with E-state index in [1.54, 1.807) is 0 Å². The molecule has 0 saturated heterocycles. The number of halogens is 24. The fourth-order valence-electron chi connectivity index (χ4n) is 7.80. The molecule has 5 aromatic carbocycles. The van der Waals surface area contributed by atoms with Crippen molar-refractivity contribution >= 4 is 46.4 Å². The van der Waals surface area contributed by atoms with Crippen molar-refractivity contribution in [2.45, 2.75) is 56.0 Å². The summed E-state index contributed by atoms with van der Waals surface area (Å²) in [5.41, 5.74) is -28.3. The van der Waals surface area contributed by atoms with E-state index in [0.29, 0.717) is 12.2 Å². The van der Waals surface area contributed by atoms with Gasteiger partial charge in [0.15, 0.2) is 12.7 Å². The summed E-state index contributed by atoms with van der Waals surface area (Å²) in [5, 5.41) is 0. The lowest BCUT2D eigenvalue weighted by atomic mass is 9.12. The monoisotopic (exact) mass is 1110 g/mol. The summed E-state index contributed by atoms with van der Waals surface area (Å²) in [6.45, 7) is 0.705. The Morgan fingerprint density at radius 2 is 0.608 bits per heavy atom. The zero-order chi connectivity index (χ0) is 56.0. The van der Waals surface area contributed by atoms with E-state index in [2.05, 4.69) is 24.8 Å². The molecule has 74 heavy (non-hydrogen) atoms. The van der Waals surface area contributed by atoms with Crippen molar-refractivity contribution in [1.29, 1.82) is 0 Å². The quantitative estimate of drug-likeness (QED) is 0.0530. The lowest BCUT2D eigenvalue weighted by Gasteiger charge is -2.46. The minimum atomic E-state index is -6.13. The SMILES string of the molecule is FC(F)(F)c1cc([B-](c2cc(C(F)(F)F)cc(C(F)(F)F)c2)(c2cc(C(F)(F)F)cc(C(F)(F)F)c2)c2cc(C(F)(F)F)cc(C(F)(F)F)c2)cc(C(F)(F)F)c1.O=C(CS)c1cccc[n+]1Cc1ccccc1. The van der Waals surface area contributed by atoms with Gasteiger partial charge in [0.25, 0.3) is 0 Å². The molecule has 0 aliphatic rings. The number of ketones is 1. The van der Waals surface area contributed by atoms with E-state index in [9.17, 15) is 110 Å². The Kier molecular flexibility index (Phi) is 16.1. The minimum Gasteiger partial charge on any atom is -0.286 e. The molecule has 1 aromatic heterocycles. The number of hydrogen-bond donors (Lipinski definition) is 1. The van der Waals surface area contributed by atoms with Gasteiger partial charge in [-0.1, -0.05) is 78.9 Å². The van der Waals surface area contributed by atoms with E-state index in [0.717, 1.165) is 0 Å². The van der Waals surface area contributed by atoms with Gasteiger partial charge >= 0.3 is 49.4 Å². The summed E-state index contributed by atoms with van der Waals surface area (Å²) in [7, 11) is 0. The topological polar surface area (TPSA) is 20.9 Å². The van der Waals surface area contributed by atoms with E-state index in [-0.39, 0.29) is 11.5 Å². The maximum atomic E-state index is 14.2. The Hall–Kier alpha value is -6.35. The molecule has 0 aliphatic heterocycles. The van der Waals surface area contributed by atoms with Gasteiger partial charge in [0, 0.05) is 17.7 Å². The Morgan fingerprint density at radius 1 is 0.365 bits per heavy atom. The molecule has 0 atom stereocenters. The molecule has 2 nitrogen and oxygen atoms in total. The number of benzene rings is 5. The van der Waals surface area contributed by atoms with Crippen molar-refractivity contribution in [2.75, 3.05) is 5.75 Å². The second-order valence-corrected chi connectivity index (χ2v) is 16.3. The normalized spacial score (nSPS) is 13.4. The van der Waals surface area contributed by atoms with Gasteiger partial charge in [0.2, 0.25) is 11.5 Å². The van der Waals surface area contributed by atoms with Crippen LogP contribution in [0, 0.1) is 0 Å². The number of alkyl halides is 24. The highest BCUT2D eigenvalue weighted by molar-refractivity contribution is 7.81. The average Bonchev–Trinajstić information content (AvgIpc) is 3.27. The van der Waals surface area contributed by atoms with Crippen LogP contribution in [0.25, 0.3) is 0 Å². The maximum absolute atomic E-state index is 14.2. The van der Waals surface area contributed by atoms with Crippen LogP contribution >= 0.6 is 12.6 Å². The molecule has 0 aliphatic carbocycles. The first-order valence-electron chi connectivity index (χ1n) is 20.1. The summed E-state index contributed by atoms with van der Waals surface area (Å²) >= 11 is 4.04. The van der Waals surface area contributed by atoms with E-state index < -0.39 is 195 Å². The largest absolute Gasteiger partial charge is 0.416 e. The van der Waals surface area contributed by atoms with E-state index in [4.69, 9.17) is 0 Å². The smallest absolute Gasteiger partial charge is 0.286 e. The Labute approximate surface area is 405 Å². The number of nitrogens with zero attached hydrogens (tertiary/aromatic N) is 1. The fraction of sp³-hybridized carbons (Fsp3) is 0.217. The fourth-order valence-corrected chi connectivity index (χ4v) is 7.96. The number of carbonyl (C=O) groups excluding carboxylic acids is 1. The molecule has 398 valence electrons. The van der Waals surface area contributed by atoms with Gasteiger partial charge in [-0.25, -0.2) is 0 Å². The van der Waals surface area contributed by atoms with Crippen molar-refractivity contribution in [3.8, 4) is 0 Å². The molecule has 0 N–H and O–H groups in total. The molecule has 0 spiro atoms. The summed E-state index contributed by atoms with van der Waals surface area (Å²) < 4.78 is 343. The molecule has 0 saturated carbocycles. The summed E-state index contributed by atoms with van der Waals surface area (Å²) in [6.07, 6.45) is -52.9. The van der Waals surface area contributed by atoms with Crippen LogP contribution in [0.2, 0.25) is 0 Å². The summed E-state index contributed by atoms with van der Waals surface area (Å²) in [5.74, 6) is 0.281. The standard InChI is InChI=1S/C32H12BF24.C14H13NOS/c34-25(35,36)13-1-14(26(37,38)39)6-21(5-13)33(22-7-15(27(40,41)42)2-16(8-22)28(43,44)45,23-9-17(29(46,47)48)3-18(10-23)30(49,50)51)24-11-19(31(52,53)54)4-20(12-24)32(55,56)57;16-14(11-17)13-8-4-5-9-15(13)10-12-6-2-1-3-7-12/h1-12H;1-9H,10-11H2/q-1;/p+1. The van der Waals surface area contributed by atoms with Crippen LogP contribution in [0.5, 0.6) is 0 Å². The van der Waals surface area contributed by atoms with Crippen molar-refractivity contribution in [1.82, 2.24) is 0 Å². The second-order valence-electron chi connectivity index (χ2n) is 16.0. The number of thiol groups is 1. The predicted octanol–water partition coefficient (Wildman–Crippen LogP) is 13.3. The van der Waals surface area contributed by atoms with E-state index >= 15 is 0 Å². The number of hydrogen-bond acceptors (Lipinski definition) is 2. The first kappa shape index (κ1) is 58.5. The molecule has 0 fully saturated rings. The molecular formula is C46H26BF24NOS. The van der Waals surface area contributed by atoms with Gasteiger partial charge in [0.05, 0.1) is 50.3 Å². The molecule has 0 radical (unpaired) electrons. The molecule has 0 bridgehead atoms. The highest BCUT2D eigenvalue weighted by Gasteiger charge is 2.47. The first-order chi connectivity index (χ1) is 33.6. The number of pyridine rings is 1. The zero-order valence-corrected chi connectivity index (χ0v) is 36.9. The van der Waals surface area contributed by atoms with Gasteiger partial charge in [-0.15, -0.1) is 0 Å². The van der Waals surface area contributed by atoms with E-state index in [1.165, 1.54) is 5.56 Å². The summed E-state index contributed by atoms with van der Waals surface area (Å²) in [6, 6.07) is 6.91. The zero-order valence-electron chi connectivity index (χ0n) is 36.0. The molecule has 0 amide bonds. The lowest BCUT2D eigenvalue weighted by molar-refractivity contribution is -0.690. The van der Waals surface area contributed by atoms with Gasteiger partial charge in [-0.2, -0.15) is 144 Å². The lowest BCUT2D eigenvalue weighted by Crippen LogP contribution is -2.75. The Bertz CT molecular complexity index is 2550. The molecule has 1 heterocycles. The van der Waals surface area contributed by atoms with Gasteiger partial charge < -0.3 is 0 Å². The minimum absolute atomic E-state index is 0.0462. The van der Waals surface area contributed by atoms with Crippen LogP contribution in [0.15, 0.2) is 128 Å². The van der Waals surface area contributed by atoms with Crippen LogP contribution in [0.4, 0.5) is 105 Å². The van der Waals surface area contributed by atoms with Crippen LogP contribution in [0.1, 0.15) is 60.6 Å². The van der Waals surface area contributed by atoms with Crippen LogP contribution < -0.4 is 26.4 Å². The van der Waals surface area contributed by atoms with Crippen molar-refractivity contribution in [2.24, 2.45) is 0 Å². The third kappa shape index (κ3) is 13.5. The van der Waals surface area contributed by atoms with Crippen LogP contribution in [0.3, 0.4) is 0 Å². The van der Waals surface area contributed by atoms with Crippen LogP contribution in [-0.4, -0.2) is 17.7 Å². The molecule has 0 unspecified atom stereocenters. The van der Waals surface area contributed by atoms with Gasteiger partial charge in [0.1, 0.15) is 6.15 Å².